The third kappa shape index (κ3) is 2.74. The first kappa shape index (κ1) is 12.9. The molecule has 0 spiro atoms. The largest absolute Gasteiger partial charge is 0.422 e. The quantitative estimate of drug-likeness (QED) is 0.736. The maximum atomic E-state index is 9.09. The minimum atomic E-state index is 0.209. The van der Waals surface area contributed by atoms with Crippen molar-refractivity contribution in [2.24, 2.45) is 0 Å². The first-order valence-electron chi connectivity index (χ1n) is 6.42. The summed E-state index contributed by atoms with van der Waals surface area (Å²) in [4.78, 5) is 4.11. The highest BCUT2D eigenvalue weighted by atomic mass is 16.5. The Morgan fingerprint density at radius 3 is 2.71 bits per heavy atom. The third-order valence-corrected chi connectivity index (χ3v) is 2.95. The number of aryl methyl sites for hydroxylation is 1. The topological polar surface area (TPSA) is 63.7 Å². The van der Waals surface area contributed by atoms with E-state index in [9.17, 15) is 0 Å². The number of ether oxygens (including phenoxy) is 1. The van der Waals surface area contributed by atoms with Gasteiger partial charge in [-0.15, -0.1) is 5.10 Å². The number of para-hydroxylation sites is 1. The maximum Gasteiger partial charge on any atom is 0.341 e. The summed E-state index contributed by atoms with van der Waals surface area (Å²) >= 11 is 0. The lowest BCUT2D eigenvalue weighted by Gasteiger charge is -2.04. The summed E-state index contributed by atoms with van der Waals surface area (Å²) in [6.45, 7) is 1.93. The normalized spacial score (nSPS) is 10.1. The molecule has 3 rings (SSSR count). The Hall–Kier alpha value is -3.13. The minimum Gasteiger partial charge on any atom is -0.422 e. The summed E-state index contributed by atoms with van der Waals surface area (Å²) in [6.07, 6.45) is 1.58. The summed E-state index contributed by atoms with van der Waals surface area (Å²) in [5.74, 6) is 0.461. The molecule has 0 amide bonds. The van der Waals surface area contributed by atoms with E-state index in [1.54, 1.807) is 23.1 Å². The van der Waals surface area contributed by atoms with Crippen LogP contribution in [0.25, 0.3) is 5.69 Å². The molecule has 0 saturated heterocycles. The standard InChI is InChI=1S/C16H12N4O/c1-12-7-8-13(10-17)15(9-12)21-16-18-11-20(19-16)14-5-3-2-4-6-14/h2-9,11H,1H3. The fourth-order valence-corrected chi connectivity index (χ4v) is 1.90. The SMILES string of the molecule is Cc1ccc(C#N)c(Oc2ncn(-c3ccccc3)n2)c1. The van der Waals surface area contributed by atoms with Gasteiger partial charge in [0.2, 0.25) is 0 Å². The van der Waals surface area contributed by atoms with Crippen molar-refractivity contribution in [2.45, 2.75) is 6.92 Å². The van der Waals surface area contributed by atoms with Crippen molar-refractivity contribution in [1.29, 1.82) is 5.26 Å². The van der Waals surface area contributed by atoms with E-state index >= 15 is 0 Å². The number of benzene rings is 2. The molecule has 21 heavy (non-hydrogen) atoms. The molecule has 0 radical (unpaired) electrons. The molecule has 5 nitrogen and oxygen atoms in total. The second-order valence-corrected chi connectivity index (χ2v) is 4.52. The molecular formula is C16H12N4O. The molecule has 0 saturated carbocycles. The predicted molar refractivity (Wildman–Crippen MR) is 77.3 cm³/mol. The number of aromatic nitrogens is 3. The van der Waals surface area contributed by atoms with Crippen LogP contribution in [0.15, 0.2) is 54.9 Å². The monoisotopic (exact) mass is 276 g/mol. The van der Waals surface area contributed by atoms with Gasteiger partial charge in [-0.05, 0) is 36.8 Å². The van der Waals surface area contributed by atoms with Crippen molar-refractivity contribution in [3.63, 3.8) is 0 Å². The fourth-order valence-electron chi connectivity index (χ4n) is 1.90. The summed E-state index contributed by atoms with van der Waals surface area (Å²) in [5, 5.41) is 13.3. The lowest BCUT2D eigenvalue weighted by molar-refractivity contribution is 0.440. The van der Waals surface area contributed by atoms with Gasteiger partial charge in [-0.1, -0.05) is 24.3 Å². The zero-order valence-electron chi connectivity index (χ0n) is 11.4. The molecule has 0 fully saturated rings. The minimum absolute atomic E-state index is 0.209. The molecule has 0 atom stereocenters. The number of hydrogen-bond acceptors (Lipinski definition) is 4. The average Bonchev–Trinajstić information content (AvgIpc) is 2.97. The van der Waals surface area contributed by atoms with Crippen LogP contribution < -0.4 is 4.74 Å². The zero-order chi connectivity index (χ0) is 14.7. The van der Waals surface area contributed by atoms with E-state index in [0.717, 1.165) is 11.3 Å². The van der Waals surface area contributed by atoms with Crippen molar-refractivity contribution in [3.05, 3.63) is 66.0 Å². The van der Waals surface area contributed by atoms with Crippen LogP contribution in [0, 0.1) is 18.3 Å². The van der Waals surface area contributed by atoms with Crippen molar-refractivity contribution >= 4 is 0 Å². The molecule has 1 aromatic heterocycles. The Labute approximate surface area is 122 Å². The predicted octanol–water partition coefficient (Wildman–Crippen LogP) is 3.24. The molecule has 0 unspecified atom stereocenters. The van der Waals surface area contributed by atoms with Gasteiger partial charge in [-0.25, -0.2) is 4.68 Å². The molecule has 1 heterocycles. The summed E-state index contributed by atoms with van der Waals surface area (Å²) in [6, 6.07) is 17.3. The van der Waals surface area contributed by atoms with Gasteiger partial charge < -0.3 is 4.74 Å². The first-order chi connectivity index (χ1) is 10.3. The van der Waals surface area contributed by atoms with Gasteiger partial charge in [0.25, 0.3) is 0 Å². The second-order valence-electron chi connectivity index (χ2n) is 4.52. The van der Waals surface area contributed by atoms with E-state index in [4.69, 9.17) is 10.00 Å². The van der Waals surface area contributed by atoms with Gasteiger partial charge in [0.1, 0.15) is 18.1 Å². The van der Waals surface area contributed by atoms with E-state index in [2.05, 4.69) is 16.2 Å². The Bertz CT molecular complexity index is 803. The van der Waals surface area contributed by atoms with Gasteiger partial charge in [0, 0.05) is 0 Å². The Morgan fingerprint density at radius 1 is 1.14 bits per heavy atom. The number of hydrogen-bond donors (Lipinski definition) is 0. The van der Waals surface area contributed by atoms with Gasteiger partial charge >= 0.3 is 6.01 Å². The smallest absolute Gasteiger partial charge is 0.341 e. The summed E-state index contributed by atoms with van der Waals surface area (Å²) < 4.78 is 7.24. The lowest BCUT2D eigenvalue weighted by Crippen LogP contribution is -1.95. The van der Waals surface area contributed by atoms with E-state index in [1.807, 2.05) is 43.3 Å². The van der Waals surface area contributed by atoms with Crippen LogP contribution in [-0.2, 0) is 0 Å². The van der Waals surface area contributed by atoms with Crippen molar-refractivity contribution in [1.82, 2.24) is 14.8 Å². The molecule has 0 bridgehead atoms. The highest BCUT2D eigenvalue weighted by molar-refractivity contribution is 5.46. The third-order valence-electron chi connectivity index (χ3n) is 2.95. The van der Waals surface area contributed by atoms with Crippen LogP contribution in [0.2, 0.25) is 0 Å². The molecule has 0 N–H and O–H groups in total. The lowest BCUT2D eigenvalue weighted by atomic mass is 10.1. The van der Waals surface area contributed by atoms with Crippen molar-refractivity contribution in [2.75, 3.05) is 0 Å². The van der Waals surface area contributed by atoms with Crippen LogP contribution >= 0.6 is 0 Å². The molecule has 2 aromatic carbocycles. The first-order valence-corrected chi connectivity index (χ1v) is 6.42. The molecule has 102 valence electrons. The van der Waals surface area contributed by atoms with Crippen molar-refractivity contribution in [3.8, 4) is 23.5 Å². The van der Waals surface area contributed by atoms with Gasteiger partial charge in [-0.2, -0.15) is 10.2 Å². The van der Waals surface area contributed by atoms with Crippen LogP contribution in [0.5, 0.6) is 11.8 Å². The van der Waals surface area contributed by atoms with Gasteiger partial charge in [0.05, 0.1) is 11.3 Å². The number of nitrogens with zero attached hydrogens (tertiary/aromatic N) is 4. The Balaban J connectivity index is 1.89. The van der Waals surface area contributed by atoms with Gasteiger partial charge in [0.15, 0.2) is 0 Å². The molecule has 0 aliphatic rings. The van der Waals surface area contributed by atoms with E-state index in [1.165, 1.54) is 0 Å². The second kappa shape index (κ2) is 5.47. The number of nitriles is 1. The number of rotatable bonds is 3. The molecule has 0 aliphatic carbocycles. The highest BCUT2D eigenvalue weighted by Gasteiger charge is 2.09. The summed E-state index contributed by atoms with van der Waals surface area (Å²) in [5.41, 5.74) is 2.35. The highest BCUT2D eigenvalue weighted by Crippen LogP contribution is 2.24. The Morgan fingerprint density at radius 2 is 1.95 bits per heavy atom. The van der Waals surface area contributed by atoms with Gasteiger partial charge in [-0.3, -0.25) is 0 Å². The van der Waals surface area contributed by atoms with E-state index < -0.39 is 0 Å². The molecule has 0 aliphatic heterocycles. The van der Waals surface area contributed by atoms with Crippen LogP contribution in [0.4, 0.5) is 0 Å². The van der Waals surface area contributed by atoms with Crippen LogP contribution in [0.3, 0.4) is 0 Å². The van der Waals surface area contributed by atoms with E-state index in [-0.39, 0.29) is 6.01 Å². The summed E-state index contributed by atoms with van der Waals surface area (Å²) in [7, 11) is 0. The molecular weight excluding hydrogens is 264 g/mol. The fraction of sp³-hybridized carbons (Fsp3) is 0.0625. The molecule has 3 aromatic rings. The maximum absolute atomic E-state index is 9.09. The molecule has 5 heteroatoms. The van der Waals surface area contributed by atoms with Crippen LogP contribution in [-0.4, -0.2) is 14.8 Å². The van der Waals surface area contributed by atoms with E-state index in [0.29, 0.717) is 11.3 Å². The van der Waals surface area contributed by atoms with Crippen molar-refractivity contribution < 1.29 is 4.74 Å². The zero-order valence-corrected chi connectivity index (χ0v) is 11.4. The van der Waals surface area contributed by atoms with Crippen LogP contribution in [0.1, 0.15) is 11.1 Å². The Kier molecular flexibility index (Phi) is 3.36. The average molecular weight is 276 g/mol.